The van der Waals surface area contributed by atoms with Crippen molar-refractivity contribution in [1.29, 1.82) is 0 Å². The summed E-state index contributed by atoms with van der Waals surface area (Å²) in [5, 5.41) is 20.0. The second-order valence-corrected chi connectivity index (χ2v) is 10.5. The van der Waals surface area contributed by atoms with Gasteiger partial charge in [-0.2, -0.15) is 0 Å². The van der Waals surface area contributed by atoms with Crippen molar-refractivity contribution in [3.05, 3.63) is 33.9 Å². The number of benzene rings is 1. The van der Waals surface area contributed by atoms with Gasteiger partial charge in [0.25, 0.3) is 0 Å². The van der Waals surface area contributed by atoms with E-state index in [4.69, 9.17) is 4.74 Å². The molecule has 1 aromatic heterocycles. The van der Waals surface area contributed by atoms with Gasteiger partial charge in [0, 0.05) is 33.7 Å². The summed E-state index contributed by atoms with van der Waals surface area (Å²) in [6.45, 7) is 7.85. The van der Waals surface area contributed by atoms with Crippen LogP contribution in [-0.4, -0.2) is 52.9 Å². The van der Waals surface area contributed by atoms with Gasteiger partial charge in [-0.05, 0) is 83.7 Å². The standard InChI is InChI=1S/C24H35BrN4O4/c1-14(30)20(29-23(32)33-24(2,3)4)22(31)27-12-6-11-26-19-8-5-7-16-17-13-15(25)9-10-18(17)28-21(16)19/h9-10,13-14,19-20,26,28,30H,5-8,11-12H2,1-4H3,(H,27,31)(H,29,32)/t14?,19?,20-/m0/s1. The minimum absolute atomic E-state index is 0.259. The number of hydrogen-bond acceptors (Lipinski definition) is 5. The molecule has 2 unspecified atom stereocenters. The summed E-state index contributed by atoms with van der Waals surface area (Å²) in [4.78, 5) is 28.0. The average Bonchev–Trinajstić information content (AvgIpc) is 3.09. The van der Waals surface area contributed by atoms with E-state index in [1.165, 1.54) is 23.6 Å². The Labute approximate surface area is 203 Å². The van der Waals surface area contributed by atoms with Gasteiger partial charge in [-0.25, -0.2) is 4.79 Å². The normalized spacial score (nSPS) is 17.8. The minimum atomic E-state index is -1.07. The van der Waals surface area contributed by atoms with Crippen molar-refractivity contribution in [3.8, 4) is 0 Å². The van der Waals surface area contributed by atoms with Crippen LogP contribution in [0.5, 0.6) is 0 Å². The number of fused-ring (bicyclic) bond motifs is 3. The molecule has 0 fully saturated rings. The molecule has 9 heteroatoms. The first kappa shape index (κ1) is 25.5. The van der Waals surface area contributed by atoms with Crippen molar-refractivity contribution >= 4 is 38.8 Å². The van der Waals surface area contributed by atoms with Crippen LogP contribution in [-0.2, 0) is 16.0 Å². The number of nitrogens with one attached hydrogen (secondary N) is 4. The van der Waals surface area contributed by atoms with Gasteiger partial charge in [-0.3, -0.25) is 4.79 Å². The second-order valence-electron chi connectivity index (χ2n) is 9.62. The number of H-pyrrole nitrogens is 1. The summed E-state index contributed by atoms with van der Waals surface area (Å²) >= 11 is 3.57. The zero-order valence-electron chi connectivity index (χ0n) is 19.8. The Balaban J connectivity index is 1.47. The van der Waals surface area contributed by atoms with Crippen LogP contribution in [0.25, 0.3) is 10.9 Å². The van der Waals surface area contributed by atoms with Gasteiger partial charge in [0.15, 0.2) is 0 Å². The zero-order valence-corrected chi connectivity index (χ0v) is 21.3. The highest BCUT2D eigenvalue weighted by atomic mass is 79.9. The van der Waals surface area contributed by atoms with E-state index >= 15 is 0 Å². The SMILES string of the molecule is CC(O)[C@H](NC(=O)OC(C)(C)C)C(=O)NCCCNC1CCCc2c1[nH]c1ccc(Br)cc21. The predicted octanol–water partition coefficient (Wildman–Crippen LogP) is 3.68. The molecule has 3 rings (SSSR count). The summed E-state index contributed by atoms with van der Waals surface area (Å²) in [7, 11) is 0. The molecule has 2 amide bonds. The molecule has 182 valence electrons. The van der Waals surface area contributed by atoms with E-state index in [-0.39, 0.29) is 6.04 Å². The van der Waals surface area contributed by atoms with Gasteiger partial charge in [0.1, 0.15) is 11.6 Å². The van der Waals surface area contributed by atoms with Crippen LogP contribution < -0.4 is 16.0 Å². The van der Waals surface area contributed by atoms with Crippen LogP contribution >= 0.6 is 15.9 Å². The van der Waals surface area contributed by atoms with Crippen LogP contribution in [0.15, 0.2) is 22.7 Å². The lowest BCUT2D eigenvalue weighted by molar-refractivity contribution is -0.125. The molecule has 0 aliphatic heterocycles. The highest BCUT2D eigenvalue weighted by Crippen LogP contribution is 2.35. The number of carbonyl (C=O) groups is 2. The highest BCUT2D eigenvalue weighted by Gasteiger charge is 2.28. The molecule has 5 N–H and O–H groups in total. The molecule has 8 nitrogen and oxygen atoms in total. The van der Waals surface area contributed by atoms with E-state index in [0.29, 0.717) is 6.54 Å². The van der Waals surface area contributed by atoms with Gasteiger partial charge in [-0.1, -0.05) is 15.9 Å². The molecule has 1 aliphatic carbocycles. The third-order valence-corrected chi connectivity index (χ3v) is 6.14. The fourth-order valence-corrected chi connectivity index (χ4v) is 4.53. The lowest BCUT2D eigenvalue weighted by Gasteiger charge is -2.25. The van der Waals surface area contributed by atoms with E-state index in [9.17, 15) is 14.7 Å². The fraction of sp³-hybridized carbons (Fsp3) is 0.583. The van der Waals surface area contributed by atoms with Crippen LogP contribution in [0.3, 0.4) is 0 Å². The molecule has 0 spiro atoms. The lowest BCUT2D eigenvalue weighted by atomic mass is 9.91. The summed E-state index contributed by atoms with van der Waals surface area (Å²) in [5.74, 6) is -0.433. The van der Waals surface area contributed by atoms with Crippen LogP contribution in [0.1, 0.15) is 64.3 Å². The van der Waals surface area contributed by atoms with E-state index < -0.39 is 29.7 Å². The second kappa shape index (κ2) is 10.9. The van der Waals surface area contributed by atoms with Crippen molar-refractivity contribution in [3.63, 3.8) is 0 Å². The number of carbonyl (C=O) groups excluding carboxylic acids is 2. The van der Waals surface area contributed by atoms with Gasteiger partial charge in [-0.15, -0.1) is 0 Å². The molecule has 0 radical (unpaired) electrons. The number of aryl methyl sites for hydroxylation is 1. The maximum Gasteiger partial charge on any atom is 0.408 e. The van der Waals surface area contributed by atoms with Crippen LogP contribution in [0.4, 0.5) is 4.79 Å². The highest BCUT2D eigenvalue weighted by molar-refractivity contribution is 9.10. The quantitative estimate of drug-likeness (QED) is 0.339. The van der Waals surface area contributed by atoms with Gasteiger partial charge in [0.2, 0.25) is 5.91 Å². The van der Waals surface area contributed by atoms with E-state index in [2.05, 4.69) is 49.0 Å². The molecule has 1 heterocycles. The molecule has 0 saturated carbocycles. The third kappa shape index (κ3) is 6.94. The first-order chi connectivity index (χ1) is 15.5. The molecule has 0 bridgehead atoms. The topological polar surface area (TPSA) is 115 Å². The summed E-state index contributed by atoms with van der Waals surface area (Å²) < 4.78 is 6.26. The Hall–Kier alpha value is -2.10. The van der Waals surface area contributed by atoms with Gasteiger partial charge >= 0.3 is 6.09 Å². The molecular formula is C24H35BrN4O4. The number of alkyl carbamates (subject to hydrolysis) is 1. The van der Waals surface area contributed by atoms with Crippen LogP contribution in [0, 0.1) is 0 Å². The van der Waals surface area contributed by atoms with Crippen molar-refractivity contribution in [2.24, 2.45) is 0 Å². The maximum atomic E-state index is 12.5. The third-order valence-electron chi connectivity index (χ3n) is 5.65. The number of hydrogen-bond donors (Lipinski definition) is 5. The first-order valence-corrected chi connectivity index (χ1v) is 12.3. The Kier molecular flexibility index (Phi) is 8.42. The monoisotopic (exact) mass is 522 g/mol. The number of aromatic amines is 1. The van der Waals surface area contributed by atoms with Crippen molar-refractivity contribution in [1.82, 2.24) is 20.9 Å². The van der Waals surface area contributed by atoms with E-state index in [1.807, 2.05) is 6.07 Å². The number of aromatic nitrogens is 1. The number of ether oxygens (including phenoxy) is 1. The van der Waals surface area contributed by atoms with Crippen molar-refractivity contribution in [2.45, 2.75) is 77.2 Å². The van der Waals surface area contributed by atoms with Gasteiger partial charge in [0.05, 0.1) is 6.10 Å². The van der Waals surface area contributed by atoms with Crippen molar-refractivity contribution in [2.75, 3.05) is 13.1 Å². The first-order valence-electron chi connectivity index (χ1n) is 11.5. The van der Waals surface area contributed by atoms with Crippen LogP contribution in [0.2, 0.25) is 0 Å². The molecular weight excluding hydrogens is 488 g/mol. The number of aliphatic hydroxyl groups is 1. The molecule has 0 saturated heterocycles. The molecule has 1 aromatic carbocycles. The lowest BCUT2D eigenvalue weighted by Crippen LogP contribution is -2.53. The Morgan fingerprint density at radius 2 is 2.06 bits per heavy atom. The van der Waals surface area contributed by atoms with Crippen molar-refractivity contribution < 1.29 is 19.4 Å². The maximum absolute atomic E-state index is 12.5. The summed E-state index contributed by atoms with van der Waals surface area (Å²) in [5.41, 5.74) is 3.12. The number of aliphatic hydroxyl groups excluding tert-OH is 1. The fourth-order valence-electron chi connectivity index (χ4n) is 4.16. The Bertz CT molecular complexity index is 983. The van der Waals surface area contributed by atoms with E-state index in [1.54, 1.807) is 20.8 Å². The van der Waals surface area contributed by atoms with E-state index in [0.717, 1.165) is 42.2 Å². The molecule has 3 atom stereocenters. The van der Waals surface area contributed by atoms with Gasteiger partial charge < -0.3 is 30.8 Å². The number of amides is 2. The Morgan fingerprint density at radius 1 is 1.30 bits per heavy atom. The molecule has 1 aliphatic rings. The molecule has 33 heavy (non-hydrogen) atoms. The summed E-state index contributed by atoms with van der Waals surface area (Å²) in [6.07, 6.45) is 2.22. The average molecular weight is 523 g/mol. The molecule has 2 aromatic rings. The Morgan fingerprint density at radius 3 is 2.76 bits per heavy atom. The largest absolute Gasteiger partial charge is 0.444 e. The predicted molar refractivity (Wildman–Crippen MR) is 132 cm³/mol. The minimum Gasteiger partial charge on any atom is -0.444 e. The summed E-state index contributed by atoms with van der Waals surface area (Å²) in [6, 6.07) is 5.52. The number of rotatable bonds is 8. The zero-order chi connectivity index (χ0) is 24.2. The smallest absolute Gasteiger partial charge is 0.408 e. The number of halogens is 1.